The highest BCUT2D eigenvalue weighted by atomic mass is 32.2. The van der Waals surface area contributed by atoms with Crippen LogP contribution >= 0.6 is 0 Å². The summed E-state index contributed by atoms with van der Waals surface area (Å²) >= 11 is 0. The SMILES string of the molecule is CCOc1ccc(S(=O)(=O)Oc2cc(C)cc(C)c2)cc1. The van der Waals surface area contributed by atoms with E-state index in [0.29, 0.717) is 18.1 Å². The first-order chi connectivity index (χ1) is 9.90. The van der Waals surface area contributed by atoms with Gasteiger partial charge in [0.05, 0.1) is 6.61 Å². The Kier molecular flexibility index (Phi) is 4.53. The van der Waals surface area contributed by atoms with Crippen molar-refractivity contribution in [2.24, 2.45) is 0 Å². The molecule has 112 valence electrons. The third-order valence-corrected chi connectivity index (χ3v) is 4.09. The summed E-state index contributed by atoms with van der Waals surface area (Å²) in [6, 6.07) is 11.5. The van der Waals surface area contributed by atoms with Gasteiger partial charge in [-0.1, -0.05) is 6.07 Å². The van der Waals surface area contributed by atoms with Gasteiger partial charge in [-0.15, -0.1) is 0 Å². The number of aryl methyl sites for hydroxylation is 2. The van der Waals surface area contributed by atoms with E-state index in [4.69, 9.17) is 8.92 Å². The summed E-state index contributed by atoms with van der Waals surface area (Å²) in [5, 5.41) is 0. The van der Waals surface area contributed by atoms with Crippen molar-refractivity contribution in [3.63, 3.8) is 0 Å². The predicted molar refractivity (Wildman–Crippen MR) is 81.3 cm³/mol. The van der Waals surface area contributed by atoms with E-state index >= 15 is 0 Å². The highest BCUT2D eigenvalue weighted by molar-refractivity contribution is 7.87. The molecule has 0 saturated heterocycles. The smallest absolute Gasteiger partial charge is 0.339 e. The van der Waals surface area contributed by atoms with Crippen molar-refractivity contribution < 1.29 is 17.3 Å². The second-order valence-corrected chi connectivity index (χ2v) is 6.31. The molecule has 0 saturated carbocycles. The van der Waals surface area contributed by atoms with Crippen molar-refractivity contribution in [1.29, 1.82) is 0 Å². The van der Waals surface area contributed by atoms with Gasteiger partial charge in [-0.3, -0.25) is 0 Å². The van der Waals surface area contributed by atoms with E-state index in [1.54, 1.807) is 24.3 Å². The monoisotopic (exact) mass is 306 g/mol. The molecular formula is C16H18O4S. The second-order valence-electron chi connectivity index (χ2n) is 4.77. The maximum atomic E-state index is 12.2. The van der Waals surface area contributed by atoms with Crippen molar-refractivity contribution in [2.75, 3.05) is 6.61 Å². The summed E-state index contributed by atoms with van der Waals surface area (Å²) in [5.74, 6) is 0.948. The molecule has 2 aromatic carbocycles. The highest BCUT2D eigenvalue weighted by Crippen LogP contribution is 2.23. The van der Waals surface area contributed by atoms with Crippen LogP contribution in [0.15, 0.2) is 47.4 Å². The largest absolute Gasteiger partial charge is 0.494 e. The Balaban J connectivity index is 2.25. The van der Waals surface area contributed by atoms with E-state index in [1.807, 2.05) is 26.8 Å². The number of rotatable bonds is 5. The Bertz CT molecular complexity index is 698. The molecule has 2 rings (SSSR count). The van der Waals surface area contributed by atoms with Gasteiger partial charge in [-0.25, -0.2) is 0 Å². The fraction of sp³-hybridized carbons (Fsp3) is 0.250. The topological polar surface area (TPSA) is 52.6 Å². The predicted octanol–water partition coefficient (Wildman–Crippen LogP) is 3.47. The minimum absolute atomic E-state index is 0.102. The molecule has 0 N–H and O–H groups in total. The van der Waals surface area contributed by atoms with Crippen LogP contribution in [-0.4, -0.2) is 15.0 Å². The van der Waals surface area contributed by atoms with Crippen LogP contribution in [0.2, 0.25) is 0 Å². The molecule has 0 aliphatic carbocycles. The van der Waals surface area contributed by atoms with Gasteiger partial charge in [0.25, 0.3) is 0 Å². The zero-order chi connectivity index (χ0) is 15.5. The van der Waals surface area contributed by atoms with Gasteiger partial charge in [0.2, 0.25) is 0 Å². The minimum Gasteiger partial charge on any atom is -0.494 e. The van der Waals surface area contributed by atoms with Crippen molar-refractivity contribution in [3.8, 4) is 11.5 Å². The Morgan fingerprint density at radius 2 is 1.48 bits per heavy atom. The van der Waals surface area contributed by atoms with Gasteiger partial charge in [0, 0.05) is 0 Å². The summed E-state index contributed by atoms with van der Waals surface area (Å²) < 4.78 is 34.9. The molecule has 0 aliphatic heterocycles. The van der Waals surface area contributed by atoms with E-state index in [9.17, 15) is 8.42 Å². The maximum absolute atomic E-state index is 12.2. The van der Waals surface area contributed by atoms with Gasteiger partial charge >= 0.3 is 10.1 Å². The second kappa shape index (κ2) is 6.18. The molecular weight excluding hydrogens is 288 g/mol. The molecule has 4 nitrogen and oxygen atoms in total. The van der Waals surface area contributed by atoms with Gasteiger partial charge in [-0.05, 0) is 68.3 Å². The van der Waals surface area contributed by atoms with Crippen LogP contribution in [0, 0.1) is 13.8 Å². The fourth-order valence-electron chi connectivity index (χ4n) is 2.03. The lowest BCUT2D eigenvalue weighted by Gasteiger charge is -2.09. The third kappa shape index (κ3) is 3.98. The maximum Gasteiger partial charge on any atom is 0.339 e. The van der Waals surface area contributed by atoms with E-state index in [1.165, 1.54) is 12.1 Å². The first-order valence-electron chi connectivity index (χ1n) is 6.66. The molecule has 21 heavy (non-hydrogen) atoms. The summed E-state index contributed by atoms with van der Waals surface area (Å²) in [5.41, 5.74) is 1.90. The Morgan fingerprint density at radius 1 is 0.905 bits per heavy atom. The molecule has 0 aromatic heterocycles. The third-order valence-electron chi connectivity index (χ3n) is 2.82. The average molecular weight is 306 g/mol. The lowest BCUT2D eigenvalue weighted by atomic mass is 10.1. The molecule has 2 aromatic rings. The van der Waals surface area contributed by atoms with Crippen molar-refractivity contribution >= 4 is 10.1 Å². The Labute approximate surface area is 125 Å². The van der Waals surface area contributed by atoms with Crippen LogP contribution in [-0.2, 0) is 10.1 Å². The lowest BCUT2D eigenvalue weighted by Crippen LogP contribution is -2.10. The van der Waals surface area contributed by atoms with Gasteiger partial charge < -0.3 is 8.92 Å². The fourth-order valence-corrected chi connectivity index (χ4v) is 2.94. The molecule has 5 heteroatoms. The Hall–Kier alpha value is -2.01. The standard InChI is InChI=1S/C16H18O4S/c1-4-19-14-5-7-16(8-6-14)21(17,18)20-15-10-12(2)9-13(3)11-15/h5-11H,4H2,1-3H3. The molecule has 0 unspecified atom stereocenters. The highest BCUT2D eigenvalue weighted by Gasteiger charge is 2.17. The van der Waals surface area contributed by atoms with Crippen LogP contribution in [0.4, 0.5) is 0 Å². The number of benzene rings is 2. The molecule has 0 heterocycles. The average Bonchev–Trinajstić information content (AvgIpc) is 2.38. The first-order valence-corrected chi connectivity index (χ1v) is 8.07. The van der Waals surface area contributed by atoms with Crippen LogP contribution in [0.5, 0.6) is 11.5 Å². The molecule has 0 atom stereocenters. The summed E-state index contributed by atoms with van der Waals surface area (Å²) in [7, 11) is -3.83. The number of hydrogen-bond acceptors (Lipinski definition) is 4. The zero-order valence-electron chi connectivity index (χ0n) is 12.3. The molecule has 0 spiro atoms. The van der Waals surface area contributed by atoms with Gasteiger partial charge in [0.15, 0.2) is 0 Å². The normalized spacial score (nSPS) is 11.2. The van der Waals surface area contributed by atoms with E-state index in [2.05, 4.69) is 0 Å². The van der Waals surface area contributed by atoms with Crippen LogP contribution in [0.1, 0.15) is 18.1 Å². The van der Waals surface area contributed by atoms with Crippen molar-refractivity contribution in [1.82, 2.24) is 0 Å². The van der Waals surface area contributed by atoms with Gasteiger partial charge in [-0.2, -0.15) is 8.42 Å². The molecule has 0 bridgehead atoms. The van der Waals surface area contributed by atoms with Crippen LogP contribution in [0.25, 0.3) is 0 Å². The number of hydrogen-bond donors (Lipinski definition) is 0. The van der Waals surface area contributed by atoms with Crippen molar-refractivity contribution in [3.05, 3.63) is 53.6 Å². The molecule has 0 radical (unpaired) electrons. The summed E-state index contributed by atoms with van der Waals surface area (Å²) in [4.78, 5) is 0.102. The van der Waals surface area contributed by atoms with Crippen molar-refractivity contribution in [2.45, 2.75) is 25.7 Å². The van der Waals surface area contributed by atoms with E-state index < -0.39 is 10.1 Å². The lowest BCUT2D eigenvalue weighted by molar-refractivity contribution is 0.340. The van der Waals surface area contributed by atoms with Crippen LogP contribution < -0.4 is 8.92 Å². The summed E-state index contributed by atoms with van der Waals surface area (Å²) in [6.45, 7) is 6.19. The molecule has 0 aliphatic rings. The van der Waals surface area contributed by atoms with Crippen LogP contribution in [0.3, 0.4) is 0 Å². The van der Waals surface area contributed by atoms with E-state index in [0.717, 1.165) is 11.1 Å². The molecule has 0 fully saturated rings. The quantitative estimate of drug-likeness (QED) is 0.794. The summed E-state index contributed by atoms with van der Waals surface area (Å²) in [6.07, 6.45) is 0. The zero-order valence-corrected chi connectivity index (χ0v) is 13.1. The first kappa shape index (κ1) is 15.4. The number of ether oxygens (including phenoxy) is 1. The Morgan fingerprint density at radius 3 is 2.00 bits per heavy atom. The molecule has 0 amide bonds. The minimum atomic E-state index is -3.83. The van der Waals surface area contributed by atoms with Gasteiger partial charge in [0.1, 0.15) is 16.4 Å². The van der Waals surface area contributed by atoms with E-state index in [-0.39, 0.29) is 4.90 Å².